The monoisotopic (exact) mass is 489 g/mol. The van der Waals surface area contributed by atoms with E-state index in [-0.39, 0.29) is 11.6 Å². The highest BCUT2D eigenvalue weighted by molar-refractivity contribution is 5.83. The van der Waals surface area contributed by atoms with Gasteiger partial charge in [-0.2, -0.15) is 0 Å². The highest BCUT2D eigenvalue weighted by Gasteiger charge is 2.28. The third-order valence-corrected chi connectivity index (χ3v) is 7.05. The van der Waals surface area contributed by atoms with Crippen LogP contribution in [0, 0.1) is 18.6 Å². The number of nitrogens with zero attached hydrogens (tertiary/aromatic N) is 6. The van der Waals surface area contributed by atoms with E-state index in [1.54, 1.807) is 6.07 Å². The van der Waals surface area contributed by atoms with E-state index in [1.807, 2.05) is 17.6 Å². The number of aryl methyl sites for hydroxylation is 1. The smallest absolute Gasteiger partial charge is 0.229 e. The van der Waals surface area contributed by atoms with Gasteiger partial charge in [-0.25, -0.2) is 28.7 Å². The molecule has 2 aliphatic rings. The quantitative estimate of drug-likeness (QED) is 0.358. The van der Waals surface area contributed by atoms with Crippen LogP contribution in [-0.4, -0.2) is 42.5 Å². The summed E-state index contributed by atoms with van der Waals surface area (Å²) in [5, 5.41) is 3.11. The van der Waals surface area contributed by atoms with E-state index < -0.39 is 11.6 Å². The van der Waals surface area contributed by atoms with Gasteiger partial charge in [0.1, 0.15) is 22.9 Å². The van der Waals surface area contributed by atoms with Crippen molar-refractivity contribution in [3.05, 3.63) is 59.2 Å². The van der Waals surface area contributed by atoms with Crippen molar-refractivity contribution in [3.63, 3.8) is 0 Å². The molecule has 1 saturated carbocycles. The predicted octanol–water partition coefficient (Wildman–Crippen LogP) is 5.71. The number of halogens is 2. The minimum atomic E-state index is -0.612. The lowest BCUT2D eigenvalue weighted by atomic mass is 10.1. The van der Waals surface area contributed by atoms with Crippen LogP contribution < -0.4 is 5.32 Å². The number of rotatable bonds is 7. The molecule has 0 saturated heterocycles. The summed E-state index contributed by atoms with van der Waals surface area (Å²) in [7, 11) is 0. The fourth-order valence-electron chi connectivity index (χ4n) is 5.06. The van der Waals surface area contributed by atoms with Crippen molar-refractivity contribution < 1.29 is 8.78 Å². The van der Waals surface area contributed by atoms with E-state index in [0.29, 0.717) is 28.5 Å². The molecule has 1 N–H and O–H groups in total. The molecule has 0 amide bonds. The molecule has 1 aliphatic heterocycles. The van der Waals surface area contributed by atoms with Gasteiger partial charge in [-0.15, -0.1) is 0 Å². The zero-order valence-electron chi connectivity index (χ0n) is 20.6. The molecular weight excluding hydrogens is 460 g/mol. The number of aromatic nitrogens is 5. The number of benzene rings is 1. The van der Waals surface area contributed by atoms with E-state index in [4.69, 9.17) is 4.98 Å². The number of imidazole rings is 1. The molecule has 0 radical (unpaired) electrons. The predicted molar refractivity (Wildman–Crippen MR) is 135 cm³/mol. The van der Waals surface area contributed by atoms with Crippen molar-refractivity contribution in [1.82, 2.24) is 29.4 Å². The fourth-order valence-corrected chi connectivity index (χ4v) is 5.06. The second-order valence-electron chi connectivity index (χ2n) is 9.78. The summed E-state index contributed by atoms with van der Waals surface area (Å²) >= 11 is 0. The molecule has 1 aliphatic carbocycles. The molecule has 36 heavy (non-hydrogen) atoms. The van der Waals surface area contributed by atoms with E-state index in [2.05, 4.69) is 38.2 Å². The van der Waals surface area contributed by atoms with Gasteiger partial charge < -0.3 is 9.88 Å². The summed E-state index contributed by atoms with van der Waals surface area (Å²) in [6.07, 6.45) is 6.47. The maximum Gasteiger partial charge on any atom is 0.229 e. The van der Waals surface area contributed by atoms with Gasteiger partial charge >= 0.3 is 0 Å². The van der Waals surface area contributed by atoms with Crippen molar-refractivity contribution in [1.29, 1.82) is 0 Å². The van der Waals surface area contributed by atoms with Crippen molar-refractivity contribution in [2.45, 2.75) is 58.5 Å². The molecule has 0 unspecified atom stereocenters. The molecule has 1 aromatic carbocycles. The zero-order valence-corrected chi connectivity index (χ0v) is 20.6. The van der Waals surface area contributed by atoms with Crippen molar-refractivity contribution in [3.8, 4) is 11.3 Å². The number of unbranched alkanes of at least 4 members (excludes halogenated alkanes) is 1. The van der Waals surface area contributed by atoms with Crippen molar-refractivity contribution in [2.75, 3.05) is 18.4 Å². The highest BCUT2D eigenvalue weighted by Crippen LogP contribution is 2.40. The Bertz CT molecular complexity index is 1440. The Hall–Kier alpha value is -3.46. The second kappa shape index (κ2) is 9.20. The minimum Gasteiger partial charge on any atom is -0.325 e. The molecule has 0 bridgehead atoms. The average molecular weight is 490 g/mol. The number of fused-ring (bicyclic) bond motifs is 2. The number of anilines is 2. The average Bonchev–Trinajstić information content (AvgIpc) is 3.65. The van der Waals surface area contributed by atoms with Crippen LogP contribution >= 0.6 is 0 Å². The summed E-state index contributed by atoms with van der Waals surface area (Å²) in [6, 6.07) is 7.37. The second-order valence-corrected chi connectivity index (χ2v) is 9.78. The van der Waals surface area contributed by atoms with Gasteiger partial charge in [-0.3, -0.25) is 4.90 Å². The molecule has 6 rings (SSSR count). The first-order valence-electron chi connectivity index (χ1n) is 12.7. The van der Waals surface area contributed by atoms with Crippen LogP contribution in [0.5, 0.6) is 0 Å². The van der Waals surface area contributed by atoms with Gasteiger partial charge in [0, 0.05) is 36.8 Å². The summed E-state index contributed by atoms with van der Waals surface area (Å²) in [6.45, 7) is 7.09. The third-order valence-electron chi connectivity index (χ3n) is 7.05. The number of nitrogens with one attached hydrogen (secondary N) is 1. The van der Waals surface area contributed by atoms with Crippen molar-refractivity contribution >= 4 is 22.8 Å². The van der Waals surface area contributed by atoms with Gasteiger partial charge in [0.05, 0.1) is 11.7 Å². The van der Waals surface area contributed by atoms with Crippen LogP contribution in [0.1, 0.15) is 55.7 Å². The molecule has 4 heterocycles. The summed E-state index contributed by atoms with van der Waals surface area (Å²) in [5.41, 5.74) is 3.67. The van der Waals surface area contributed by atoms with E-state index >= 15 is 0 Å². The Balaban J connectivity index is 1.28. The zero-order chi connectivity index (χ0) is 24.8. The van der Waals surface area contributed by atoms with Gasteiger partial charge in [-0.05, 0) is 56.5 Å². The highest BCUT2D eigenvalue weighted by atomic mass is 19.1. The lowest BCUT2D eigenvalue weighted by Crippen LogP contribution is -2.31. The first-order chi connectivity index (χ1) is 17.5. The Morgan fingerprint density at radius 3 is 2.75 bits per heavy atom. The van der Waals surface area contributed by atoms with E-state index in [9.17, 15) is 8.78 Å². The molecule has 3 aromatic heterocycles. The molecule has 186 valence electrons. The van der Waals surface area contributed by atoms with Crippen molar-refractivity contribution in [2.24, 2.45) is 0 Å². The lowest BCUT2D eigenvalue weighted by molar-refractivity contribution is 0.248. The number of pyridine rings is 1. The molecule has 1 fully saturated rings. The molecule has 0 spiro atoms. The first-order valence-corrected chi connectivity index (χ1v) is 12.7. The van der Waals surface area contributed by atoms with E-state index in [0.717, 1.165) is 56.6 Å². The Morgan fingerprint density at radius 1 is 1.08 bits per heavy atom. The molecule has 7 nitrogen and oxygen atoms in total. The van der Waals surface area contributed by atoms with E-state index in [1.165, 1.54) is 24.5 Å². The van der Waals surface area contributed by atoms with Gasteiger partial charge in [0.15, 0.2) is 11.6 Å². The Labute approximate surface area is 208 Å². The normalized spacial score (nSPS) is 15.9. The lowest BCUT2D eigenvalue weighted by Gasteiger charge is -2.28. The fraction of sp³-hybridized carbons (Fsp3) is 0.407. The topological polar surface area (TPSA) is 71.8 Å². The van der Waals surface area contributed by atoms with Crippen LogP contribution in [0.2, 0.25) is 0 Å². The summed E-state index contributed by atoms with van der Waals surface area (Å²) in [5.74, 6) is 0.492. The van der Waals surface area contributed by atoms with Crippen LogP contribution in [0.3, 0.4) is 0 Å². The molecule has 9 heteroatoms. The largest absolute Gasteiger partial charge is 0.325 e. The number of hydrogen-bond acceptors (Lipinski definition) is 6. The van der Waals surface area contributed by atoms with Crippen LogP contribution in [-0.2, 0) is 13.0 Å². The summed E-state index contributed by atoms with van der Waals surface area (Å²) < 4.78 is 31.9. The standard InChI is InChI=1S/C27H29F2N7/c1-3-4-10-35-11-9-22-17(15-35)5-8-24(32-22)33-27-30-14-21(29)25(34-27)18-12-20(28)26-23(13-18)36(16(2)31-26)19-6-7-19/h5,8,12-14,19H,3-4,6-7,9-11,15H2,1-2H3,(H,30,32,33,34). The van der Waals surface area contributed by atoms with Crippen LogP contribution in [0.25, 0.3) is 22.3 Å². The van der Waals surface area contributed by atoms with Gasteiger partial charge in [0.25, 0.3) is 0 Å². The van der Waals surface area contributed by atoms with Gasteiger partial charge in [-0.1, -0.05) is 19.4 Å². The SMILES string of the molecule is CCCCN1CCc2nc(Nc3ncc(F)c(-c4cc(F)c5nc(C)n(C6CC6)c5c4)n3)ccc2C1. The Kier molecular flexibility index (Phi) is 5.87. The Morgan fingerprint density at radius 2 is 1.94 bits per heavy atom. The van der Waals surface area contributed by atoms with Gasteiger partial charge in [0.2, 0.25) is 5.95 Å². The van der Waals surface area contributed by atoms with Crippen LogP contribution in [0.15, 0.2) is 30.5 Å². The summed E-state index contributed by atoms with van der Waals surface area (Å²) in [4.78, 5) is 20.1. The first kappa shape index (κ1) is 23.0. The maximum atomic E-state index is 15.0. The molecule has 4 aromatic rings. The third kappa shape index (κ3) is 4.32. The maximum absolute atomic E-state index is 15.0. The van der Waals surface area contributed by atoms with Crippen LogP contribution in [0.4, 0.5) is 20.5 Å². The number of hydrogen-bond donors (Lipinski definition) is 1. The minimum absolute atomic E-state index is 0.0408. The molecular formula is C27H29F2N7. The molecule has 0 atom stereocenters.